The molecule has 3 N–H and O–H groups in total. The number of rotatable bonds is 11. The van der Waals surface area contributed by atoms with Crippen molar-refractivity contribution in [3.05, 3.63) is 0 Å². The molecule has 0 heterocycles. The molecule has 0 aliphatic heterocycles. The number of nitrogens with two attached hydrogens (primary N) is 1. The predicted molar refractivity (Wildman–Crippen MR) is 87.0 cm³/mol. The largest absolute Gasteiger partial charge is 0.368 e. The van der Waals surface area contributed by atoms with Gasteiger partial charge in [-0.3, -0.25) is 4.79 Å². The van der Waals surface area contributed by atoms with E-state index >= 15 is 0 Å². The highest BCUT2D eigenvalue weighted by Crippen LogP contribution is 2.35. The number of nitrogens with zero attached hydrogens (tertiary/aromatic N) is 1. The first-order chi connectivity index (χ1) is 9.90. The summed E-state index contributed by atoms with van der Waals surface area (Å²) in [7, 11) is 0. The van der Waals surface area contributed by atoms with Crippen LogP contribution in [0.15, 0.2) is 0 Å². The zero-order chi connectivity index (χ0) is 15.5. The normalized spacial score (nSPS) is 21.8. The van der Waals surface area contributed by atoms with Crippen molar-refractivity contribution in [1.29, 1.82) is 0 Å². The zero-order valence-electron chi connectivity index (χ0n) is 14.0. The lowest BCUT2D eigenvalue weighted by Gasteiger charge is -2.30. The molecule has 122 valence electrons. The molecule has 4 nitrogen and oxygen atoms in total. The quantitative estimate of drug-likeness (QED) is 0.575. The molecule has 4 heteroatoms. The van der Waals surface area contributed by atoms with E-state index in [1.165, 1.54) is 45.2 Å². The second-order valence-corrected chi connectivity index (χ2v) is 7.62. The minimum absolute atomic E-state index is 0.228. The summed E-state index contributed by atoms with van der Waals surface area (Å²) in [5.74, 6) is 0.748. The highest BCUT2D eigenvalue weighted by atomic mass is 16.1. The number of hydrogen-bond donors (Lipinski definition) is 2. The van der Waals surface area contributed by atoms with Gasteiger partial charge in [0.15, 0.2) is 0 Å². The summed E-state index contributed by atoms with van der Waals surface area (Å²) in [6.45, 7) is 8.56. The Bertz CT molecular complexity index is 350. The number of primary amides is 1. The molecular formula is C17H33N3O. The van der Waals surface area contributed by atoms with Gasteiger partial charge in [-0.2, -0.15) is 0 Å². The fourth-order valence-electron chi connectivity index (χ4n) is 3.19. The second-order valence-electron chi connectivity index (χ2n) is 7.62. The predicted octanol–water partition coefficient (Wildman–Crippen LogP) is 2.27. The van der Waals surface area contributed by atoms with Crippen LogP contribution in [-0.2, 0) is 4.79 Å². The summed E-state index contributed by atoms with van der Waals surface area (Å²) in [6.07, 6.45) is 8.71. The van der Waals surface area contributed by atoms with Crippen LogP contribution in [0.4, 0.5) is 0 Å². The fourth-order valence-corrected chi connectivity index (χ4v) is 3.19. The first-order valence-electron chi connectivity index (χ1n) is 8.72. The number of hydrogen-bond acceptors (Lipinski definition) is 3. The van der Waals surface area contributed by atoms with Crippen LogP contribution in [0.2, 0.25) is 0 Å². The lowest BCUT2D eigenvalue weighted by atomic mass is 9.93. The van der Waals surface area contributed by atoms with E-state index in [0.717, 1.165) is 24.8 Å². The summed E-state index contributed by atoms with van der Waals surface area (Å²) >= 11 is 0. The third-order valence-electron chi connectivity index (χ3n) is 4.78. The van der Waals surface area contributed by atoms with Crippen LogP contribution in [0.25, 0.3) is 0 Å². The van der Waals surface area contributed by atoms with Crippen molar-refractivity contribution in [2.45, 2.75) is 83.3 Å². The zero-order valence-corrected chi connectivity index (χ0v) is 14.0. The van der Waals surface area contributed by atoms with Crippen molar-refractivity contribution < 1.29 is 4.79 Å². The molecule has 0 aromatic carbocycles. The van der Waals surface area contributed by atoms with Gasteiger partial charge in [-0.15, -0.1) is 0 Å². The van der Waals surface area contributed by atoms with Crippen LogP contribution in [0.5, 0.6) is 0 Å². The van der Waals surface area contributed by atoms with E-state index in [-0.39, 0.29) is 11.9 Å². The Hall–Kier alpha value is -0.610. The fraction of sp³-hybridized carbons (Fsp3) is 0.941. The minimum atomic E-state index is -0.560. The van der Waals surface area contributed by atoms with Gasteiger partial charge in [0.25, 0.3) is 0 Å². The Morgan fingerprint density at radius 2 is 1.95 bits per heavy atom. The maximum atomic E-state index is 11.7. The van der Waals surface area contributed by atoms with Gasteiger partial charge < -0.3 is 16.0 Å². The molecule has 0 bridgehead atoms. The van der Waals surface area contributed by atoms with Crippen LogP contribution < -0.4 is 11.1 Å². The summed E-state index contributed by atoms with van der Waals surface area (Å²) < 4.78 is 0. The summed E-state index contributed by atoms with van der Waals surface area (Å²) in [4.78, 5) is 14.4. The Balaban J connectivity index is 1.69. The first-order valence-corrected chi connectivity index (χ1v) is 8.72. The summed E-state index contributed by atoms with van der Waals surface area (Å²) in [5.41, 5.74) is 5.02. The van der Waals surface area contributed by atoms with Gasteiger partial charge in [0, 0.05) is 18.6 Å². The van der Waals surface area contributed by atoms with E-state index in [0.29, 0.717) is 0 Å². The smallest absolute Gasteiger partial charge is 0.237 e. The van der Waals surface area contributed by atoms with E-state index < -0.39 is 5.54 Å². The average Bonchev–Trinajstić information content (AvgIpc) is 3.25. The Kier molecular flexibility index (Phi) is 5.67. The summed E-state index contributed by atoms with van der Waals surface area (Å²) in [6, 6.07) is 1.14. The molecule has 0 radical (unpaired) electrons. The average molecular weight is 295 g/mol. The van der Waals surface area contributed by atoms with Crippen LogP contribution in [0, 0.1) is 5.92 Å². The Labute approximate surface area is 129 Å². The highest BCUT2D eigenvalue weighted by Gasteiger charge is 2.34. The van der Waals surface area contributed by atoms with Gasteiger partial charge in [-0.05, 0) is 78.2 Å². The molecule has 1 amide bonds. The molecule has 0 saturated heterocycles. The third kappa shape index (κ3) is 5.59. The molecule has 0 aromatic heterocycles. The Morgan fingerprint density at radius 1 is 1.29 bits per heavy atom. The van der Waals surface area contributed by atoms with Gasteiger partial charge >= 0.3 is 0 Å². The number of carbonyl (C=O) groups is 1. The standard InChI is InChI=1S/C17H33N3O/c1-13(2)19-17(3,16(18)21)10-4-5-11-20(15-8-9-15)12-14-6-7-14/h13-15,19H,4-12H2,1-3H3,(H2,18,21). The summed E-state index contributed by atoms with van der Waals surface area (Å²) in [5, 5.41) is 3.33. The number of nitrogens with one attached hydrogen (secondary N) is 1. The number of amides is 1. The molecule has 1 atom stereocenters. The lowest BCUT2D eigenvalue weighted by molar-refractivity contribution is -0.124. The molecule has 2 saturated carbocycles. The van der Waals surface area contributed by atoms with E-state index in [1.807, 2.05) is 6.92 Å². The highest BCUT2D eigenvalue weighted by molar-refractivity contribution is 5.84. The van der Waals surface area contributed by atoms with Gasteiger partial charge in [0.1, 0.15) is 0 Å². The SMILES string of the molecule is CC(C)NC(C)(CCCCN(CC1CC1)C1CC1)C(N)=O. The molecule has 0 aromatic rings. The van der Waals surface area contributed by atoms with Gasteiger partial charge in [0.05, 0.1) is 5.54 Å². The van der Waals surface area contributed by atoms with Crippen molar-refractivity contribution in [2.24, 2.45) is 11.7 Å². The molecular weight excluding hydrogens is 262 g/mol. The van der Waals surface area contributed by atoms with Gasteiger partial charge in [-0.25, -0.2) is 0 Å². The first kappa shape index (κ1) is 16.8. The van der Waals surface area contributed by atoms with Crippen molar-refractivity contribution >= 4 is 5.91 Å². The van der Waals surface area contributed by atoms with E-state index in [9.17, 15) is 4.79 Å². The van der Waals surface area contributed by atoms with Crippen LogP contribution in [0.1, 0.15) is 65.7 Å². The molecule has 0 spiro atoms. The van der Waals surface area contributed by atoms with Gasteiger partial charge in [0.2, 0.25) is 5.91 Å². The van der Waals surface area contributed by atoms with Crippen LogP contribution in [0.3, 0.4) is 0 Å². The van der Waals surface area contributed by atoms with E-state index in [4.69, 9.17) is 5.73 Å². The molecule has 21 heavy (non-hydrogen) atoms. The lowest BCUT2D eigenvalue weighted by Crippen LogP contribution is -2.55. The molecule has 2 rings (SSSR count). The van der Waals surface area contributed by atoms with Crippen molar-refractivity contribution in [2.75, 3.05) is 13.1 Å². The van der Waals surface area contributed by atoms with Crippen LogP contribution >= 0.6 is 0 Å². The molecule has 2 aliphatic carbocycles. The topological polar surface area (TPSA) is 58.4 Å². The van der Waals surface area contributed by atoms with Gasteiger partial charge in [-0.1, -0.05) is 0 Å². The number of carbonyl (C=O) groups excluding carboxylic acids is 1. The number of unbranched alkanes of at least 4 members (excludes halogenated alkanes) is 1. The maximum Gasteiger partial charge on any atom is 0.237 e. The van der Waals surface area contributed by atoms with Crippen molar-refractivity contribution in [1.82, 2.24) is 10.2 Å². The van der Waals surface area contributed by atoms with E-state index in [1.54, 1.807) is 0 Å². The molecule has 1 unspecified atom stereocenters. The molecule has 2 aliphatic rings. The van der Waals surface area contributed by atoms with Crippen LogP contribution in [-0.4, -0.2) is 41.5 Å². The van der Waals surface area contributed by atoms with Crippen molar-refractivity contribution in [3.8, 4) is 0 Å². The molecule has 2 fully saturated rings. The minimum Gasteiger partial charge on any atom is -0.368 e. The second kappa shape index (κ2) is 7.10. The third-order valence-corrected chi connectivity index (χ3v) is 4.78. The monoisotopic (exact) mass is 295 g/mol. The van der Waals surface area contributed by atoms with E-state index in [2.05, 4.69) is 24.1 Å². The van der Waals surface area contributed by atoms with Crippen molar-refractivity contribution in [3.63, 3.8) is 0 Å². The maximum absolute atomic E-state index is 11.7. The Morgan fingerprint density at radius 3 is 2.43 bits per heavy atom.